The number of rotatable bonds is 8. The van der Waals surface area contributed by atoms with Gasteiger partial charge in [-0.3, -0.25) is 9.59 Å². The molecule has 0 saturated carbocycles. The molecular formula is C15H18N2O7. The van der Waals surface area contributed by atoms with Crippen LogP contribution < -0.4 is 10.6 Å². The van der Waals surface area contributed by atoms with E-state index in [9.17, 15) is 19.2 Å². The van der Waals surface area contributed by atoms with Gasteiger partial charge in [-0.1, -0.05) is 30.3 Å². The van der Waals surface area contributed by atoms with E-state index in [4.69, 9.17) is 9.84 Å². The lowest BCUT2D eigenvalue weighted by molar-refractivity contribution is -0.148. The van der Waals surface area contributed by atoms with Gasteiger partial charge < -0.3 is 25.2 Å². The summed E-state index contributed by atoms with van der Waals surface area (Å²) in [6.07, 6.45) is -1.34. The zero-order valence-corrected chi connectivity index (χ0v) is 13.0. The Morgan fingerprint density at radius 2 is 1.83 bits per heavy atom. The first kappa shape index (κ1) is 18.9. The van der Waals surface area contributed by atoms with Crippen molar-refractivity contribution in [1.29, 1.82) is 0 Å². The van der Waals surface area contributed by atoms with E-state index in [0.29, 0.717) is 0 Å². The molecule has 0 aliphatic heterocycles. The van der Waals surface area contributed by atoms with Crippen molar-refractivity contribution in [2.45, 2.75) is 19.1 Å². The molecule has 1 rings (SSSR count). The average Bonchev–Trinajstić information content (AvgIpc) is 2.58. The molecular weight excluding hydrogens is 320 g/mol. The number of hydrogen-bond donors (Lipinski definition) is 3. The first-order chi connectivity index (χ1) is 11.4. The van der Waals surface area contributed by atoms with Crippen molar-refractivity contribution in [3.8, 4) is 0 Å². The molecule has 1 atom stereocenters. The quantitative estimate of drug-likeness (QED) is 0.571. The van der Waals surface area contributed by atoms with E-state index in [-0.39, 0.29) is 6.61 Å². The molecule has 130 valence electrons. The van der Waals surface area contributed by atoms with E-state index >= 15 is 0 Å². The fourth-order valence-corrected chi connectivity index (χ4v) is 1.62. The van der Waals surface area contributed by atoms with Crippen molar-refractivity contribution in [3.63, 3.8) is 0 Å². The summed E-state index contributed by atoms with van der Waals surface area (Å²) in [5.74, 6) is -2.94. The molecule has 9 nitrogen and oxygen atoms in total. The number of carboxylic acid groups (broad SMARTS) is 1. The second kappa shape index (κ2) is 9.82. The number of esters is 1. The van der Waals surface area contributed by atoms with Crippen molar-refractivity contribution in [2.24, 2.45) is 0 Å². The molecule has 1 aromatic rings. The van der Waals surface area contributed by atoms with Crippen molar-refractivity contribution in [2.75, 3.05) is 13.7 Å². The van der Waals surface area contributed by atoms with E-state index in [2.05, 4.69) is 15.4 Å². The third kappa shape index (κ3) is 7.25. The van der Waals surface area contributed by atoms with Gasteiger partial charge in [0, 0.05) is 0 Å². The van der Waals surface area contributed by atoms with Gasteiger partial charge in [0.1, 0.15) is 19.2 Å². The van der Waals surface area contributed by atoms with Crippen LogP contribution in [0, 0.1) is 0 Å². The monoisotopic (exact) mass is 338 g/mol. The van der Waals surface area contributed by atoms with Gasteiger partial charge in [-0.15, -0.1) is 0 Å². The van der Waals surface area contributed by atoms with E-state index in [0.717, 1.165) is 12.7 Å². The summed E-state index contributed by atoms with van der Waals surface area (Å²) >= 11 is 0. The molecule has 2 amide bonds. The maximum atomic E-state index is 11.6. The number of aliphatic carboxylic acids is 1. The molecule has 0 radical (unpaired) electrons. The maximum absolute atomic E-state index is 11.6. The molecule has 0 aliphatic carbocycles. The Morgan fingerprint density at radius 1 is 1.17 bits per heavy atom. The molecule has 0 bridgehead atoms. The SMILES string of the molecule is COC(=O)C[C@@H](NC(=O)CNC(=O)OCc1ccccc1)C(=O)O. The molecule has 0 heterocycles. The van der Waals surface area contributed by atoms with Gasteiger partial charge in [0.25, 0.3) is 0 Å². The van der Waals surface area contributed by atoms with E-state index < -0.39 is 42.9 Å². The molecule has 0 saturated heterocycles. The number of amides is 2. The lowest BCUT2D eigenvalue weighted by Gasteiger charge is -2.13. The second-order valence-corrected chi connectivity index (χ2v) is 4.65. The highest BCUT2D eigenvalue weighted by Crippen LogP contribution is 2.00. The minimum Gasteiger partial charge on any atom is -0.480 e. The van der Waals surface area contributed by atoms with Gasteiger partial charge in [0.2, 0.25) is 5.91 Å². The van der Waals surface area contributed by atoms with Gasteiger partial charge in [-0.05, 0) is 5.56 Å². The molecule has 9 heteroatoms. The highest BCUT2D eigenvalue weighted by molar-refractivity contribution is 5.89. The predicted octanol–water partition coefficient (Wildman–Crippen LogP) is 0.0453. The standard InChI is InChI=1S/C15H18N2O7/c1-23-13(19)7-11(14(20)21)17-12(18)8-16-15(22)24-9-10-5-3-2-4-6-10/h2-6,11H,7-9H2,1H3,(H,16,22)(H,17,18)(H,20,21)/t11-/m1/s1. The van der Waals surface area contributed by atoms with Crippen LogP contribution in [-0.2, 0) is 30.5 Å². The van der Waals surface area contributed by atoms with Crippen LogP contribution in [-0.4, -0.2) is 48.7 Å². The number of methoxy groups -OCH3 is 1. The van der Waals surface area contributed by atoms with E-state index in [1.165, 1.54) is 0 Å². The summed E-state index contributed by atoms with van der Waals surface area (Å²) in [6.45, 7) is -0.451. The third-order valence-electron chi connectivity index (χ3n) is 2.84. The fraction of sp³-hybridized carbons (Fsp3) is 0.333. The van der Waals surface area contributed by atoms with Crippen molar-refractivity contribution >= 4 is 23.9 Å². The average molecular weight is 338 g/mol. The molecule has 24 heavy (non-hydrogen) atoms. The lowest BCUT2D eigenvalue weighted by Crippen LogP contribution is -2.46. The Kier molecular flexibility index (Phi) is 7.76. The summed E-state index contributed by atoms with van der Waals surface area (Å²) in [5, 5.41) is 13.2. The Hall–Kier alpha value is -3.10. The topological polar surface area (TPSA) is 131 Å². The van der Waals surface area contributed by atoms with Gasteiger partial charge in [-0.2, -0.15) is 0 Å². The Labute approximate surface area is 137 Å². The summed E-state index contributed by atoms with van der Waals surface area (Å²) in [5.41, 5.74) is 0.779. The summed E-state index contributed by atoms with van der Waals surface area (Å²) in [4.78, 5) is 45.1. The minimum absolute atomic E-state index is 0.0361. The van der Waals surface area contributed by atoms with E-state index in [1.54, 1.807) is 24.3 Å². The third-order valence-corrected chi connectivity index (χ3v) is 2.84. The van der Waals surface area contributed by atoms with Gasteiger partial charge >= 0.3 is 18.0 Å². The summed E-state index contributed by atoms with van der Waals surface area (Å²) in [7, 11) is 1.10. The van der Waals surface area contributed by atoms with Crippen molar-refractivity contribution < 1.29 is 33.8 Å². The number of nitrogens with one attached hydrogen (secondary N) is 2. The highest BCUT2D eigenvalue weighted by atomic mass is 16.5. The highest BCUT2D eigenvalue weighted by Gasteiger charge is 2.23. The second-order valence-electron chi connectivity index (χ2n) is 4.65. The maximum Gasteiger partial charge on any atom is 0.407 e. The molecule has 0 aliphatic rings. The largest absolute Gasteiger partial charge is 0.480 e. The Bertz CT molecular complexity index is 589. The van der Waals surface area contributed by atoms with Crippen molar-refractivity contribution in [3.05, 3.63) is 35.9 Å². The summed E-state index contributed by atoms with van der Waals surface area (Å²) < 4.78 is 9.23. The normalized spacial score (nSPS) is 11.0. The molecule has 3 N–H and O–H groups in total. The summed E-state index contributed by atoms with van der Waals surface area (Å²) in [6, 6.07) is 7.50. The molecule has 0 spiro atoms. The number of carbonyl (C=O) groups is 4. The molecule has 0 aromatic heterocycles. The number of carbonyl (C=O) groups excluding carboxylic acids is 3. The van der Waals surface area contributed by atoms with Crippen LogP contribution in [0.2, 0.25) is 0 Å². The van der Waals surface area contributed by atoms with Crippen LogP contribution in [0.1, 0.15) is 12.0 Å². The minimum atomic E-state index is -1.44. The molecule has 0 fully saturated rings. The zero-order valence-electron chi connectivity index (χ0n) is 13.0. The Balaban J connectivity index is 2.34. The van der Waals surface area contributed by atoms with Crippen LogP contribution in [0.4, 0.5) is 4.79 Å². The Morgan fingerprint density at radius 3 is 2.42 bits per heavy atom. The number of alkyl carbamates (subject to hydrolysis) is 1. The number of carboxylic acids is 1. The fourth-order valence-electron chi connectivity index (χ4n) is 1.62. The first-order valence-electron chi connectivity index (χ1n) is 6.96. The van der Waals surface area contributed by atoms with Crippen LogP contribution in [0.3, 0.4) is 0 Å². The predicted molar refractivity (Wildman–Crippen MR) is 80.8 cm³/mol. The molecule has 1 aromatic carbocycles. The van der Waals surface area contributed by atoms with Crippen LogP contribution in [0.25, 0.3) is 0 Å². The van der Waals surface area contributed by atoms with Gasteiger partial charge in [-0.25, -0.2) is 9.59 Å². The number of benzene rings is 1. The number of hydrogen-bond acceptors (Lipinski definition) is 6. The zero-order chi connectivity index (χ0) is 17.9. The van der Waals surface area contributed by atoms with Crippen LogP contribution in [0.5, 0.6) is 0 Å². The number of ether oxygens (including phenoxy) is 2. The van der Waals surface area contributed by atoms with Gasteiger partial charge in [0.15, 0.2) is 0 Å². The van der Waals surface area contributed by atoms with E-state index in [1.807, 2.05) is 6.07 Å². The first-order valence-corrected chi connectivity index (χ1v) is 6.96. The van der Waals surface area contributed by atoms with Crippen LogP contribution >= 0.6 is 0 Å². The smallest absolute Gasteiger partial charge is 0.407 e. The van der Waals surface area contributed by atoms with Crippen molar-refractivity contribution in [1.82, 2.24) is 10.6 Å². The molecule has 0 unspecified atom stereocenters. The van der Waals surface area contributed by atoms with Crippen LogP contribution in [0.15, 0.2) is 30.3 Å². The van der Waals surface area contributed by atoms with Gasteiger partial charge in [0.05, 0.1) is 13.5 Å². The lowest BCUT2D eigenvalue weighted by atomic mass is 10.2.